The van der Waals surface area contributed by atoms with Gasteiger partial charge in [0.15, 0.2) is 0 Å². The minimum absolute atomic E-state index is 0.739. The zero-order valence-corrected chi connectivity index (χ0v) is 12.2. The van der Waals surface area contributed by atoms with Crippen molar-refractivity contribution < 1.29 is 0 Å². The Labute approximate surface area is 121 Å². The monoisotopic (exact) mass is 269 g/mol. The molecule has 106 valence electrons. The van der Waals surface area contributed by atoms with Crippen LogP contribution in [0.4, 0.5) is 0 Å². The Bertz CT molecular complexity index is 562. The van der Waals surface area contributed by atoms with Crippen LogP contribution in [-0.2, 0) is 6.42 Å². The van der Waals surface area contributed by atoms with Crippen molar-refractivity contribution in [1.29, 1.82) is 0 Å². The Morgan fingerprint density at radius 3 is 3.15 bits per heavy atom. The third kappa shape index (κ3) is 3.17. The number of nitrogens with one attached hydrogen (secondary N) is 1. The van der Waals surface area contributed by atoms with E-state index in [-0.39, 0.29) is 0 Å². The van der Waals surface area contributed by atoms with Crippen LogP contribution in [0.3, 0.4) is 0 Å². The molecule has 1 aliphatic heterocycles. The maximum Gasteiger partial charge on any atom is 0.0734 e. The molecule has 3 nitrogen and oxygen atoms in total. The van der Waals surface area contributed by atoms with E-state index in [4.69, 9.17) is 0 Å². The van der Waals surface area contributed by atoms with Crippen LogP contribution in [0.15, 0.2) is 36.5 Å². The first-order valence-corrected chi connectivity index (χ1v) is 7.58. The van der Waals surface area contributed by atoms with Gasteiger partial charge in [0.25, 0.3) is 0 Å². The highest BCUT2D eigenvalue weighted by Gasteiger charge is 2.14. The molecule has 1 aromatic heterocycles. The molecule has 1 aliphatic rings. The molecule has 0 bridgehead atoms. The lowest BCUT2D eigenvalue weighted by atomic mass is 10.1. The summed E-state index contributed by atoms with van der Waals surface area (Å²) in [4.78, 5) is 7.12. The van der Waals surface area contributed by atoms with Gasteiger partial charge in [-0.1, -0.05) is 31.2 Å². The second-order valence-corrected chi connectivity index (χ2v) is 5.85. The van der Waals surface area contributed by atoms with E-state index >= 15 is 0 Å². The van der Waals surface area contributed by atoms with Crippen LogP contribution in [0.5, 0.6) is 0 Å². The molecule has 2 heterocycles. The summed E-state index contributed by atoms with van der Waals surface area (Å²) < 4.78 is 0. The van der Waals surface area contributed by atoms with Crippen LogP contribution in [-0.4, -0.2) is 42.6 Å². The third-order valence-corrected chi connectivity index (χ3v) is 4.08. The summed E-state index contributed by atoms with van der Waals surface area (Å²) in [6, 6.07) is 10.7. The lowest BCUT2D eigenvalue weighted by Crippen LogP contribution is -2.31. The predicted octanol–water partition coefficient (Wildman–Crippen LogP) is 2.32. The minimum Gasteiger partial charge on any atom is -0.315 e. The van der Waals surface area contributed by atoms with E-state index < -0.39 is 0 Å². The second kappa shape index (κ2) is 6.33. The summed E-state index contributed by atoms with van der Waals surface area (Å²) in [6.45, 7) is 8.06. The molecule has 3 rings (SSSR count). The summed E-state index contributed by atoms with van der Waals surface area (Å²) in [7, 11) is 0. The molecule has 0 spiro atoms. The summed E-state index contributed by atoms with van der Waals surface area (Å²) in [5.74, 6) is 0.739. The molecule has 1 atom stereocenters. The number of benzene rings is 1. The average Bonchev–Trinajstić information content (AvgIpc) is 2.69. The molecule has 0 radical (unpaired) electrons. The number of aromatic nitrogens is 1. The Balaban J connectivity index is 1.70. The molecule has 1 N–H and O–H groups in total. The van der Waals surface area contributed by atoms with Gasteiger partial charge in [0, 0.05) is 37.8 Å². The second-order valence-electron chi connectivity index (χ2n) is 5.85. The first-order chi connectivity index (χ1) is 9.83. The Morgan fingerprint density at radius 2 is 2.20 bits per heavy atom. The first kappa shape index (κ1) is 13.5. The Morgan fingerprint density at radius 1 is 1.30 bits per heavy atom. The van der Waals surface area contributed by atoms with Crippen molar-refractivity contribution in [2.45, 2.75) is 13.3 Å². The molecular weight excluding hydrogens is 246 g/mol. The summed E-state index contributed by atoms with van der Waals surface area (Å²) >= 11 is 0. The highest BCUT2D eigenvalue weighted by Crippen LogP contribution is 2.17. The number of hydrogen-bond donors (Lipinski definition) is 1. The normalized spacial score (nSPS) is 20.9. The fourth-order valence-corrected chi connectivity index (χ4v) is 3.03. The van der Waals surface area contributed by atoms with E-state index in [0.717, 1.165) is 44.0 Å². The van der Waals surface area contributed by atoms with Crippen LogP contribution in [0.1, 0.15) is 12.5 Å². The fraction of sp³-hybridized carbons (Fsp3) is 0.471. The largest absolute Gasteiger partial charge is 0.315 e. The molecule has 2 aromatic rings. The van der Waals surface area contributed by atoms with Crippen LogP contribution < -0.4 is 5.32 Å². The van der Waals surface area contributed by atoms with E-state index in [9.17, 15) is 0 Å². The number of fused-ring (bicyclic) bond motifs is 1. The minimum atomic E-state index is 0.739. The quantitative estimate of drug-likeness (QED) is 0.927. The SMILES string of the molecule is CC1CNCCN(CCc2cccc3cccnc23)C1. The van der Waals surface area contributed by atoms with Crippen molar-refractivity contribution in [1.82, 2.24) is 15.2 Å². The maximum atomic E-state index is 4.55. The molecule has 1 unspecified atom stereocenters. The van der Waals surface area contributed by atoms with Gasteiger partial charge >= 0.3 is 0 Å². The molecular formula is C17H23N3. The number of rotatable bonds is 3. The molecule has 1 saturated heterocycles. The van der Waals surface area contributed by atoms with Gasteiger partial charge in [-0.3, -0.25) is 4.98 Å². The van der Waals surface area contributed by atoms with Crippen LogP contribution in [0, 0.1) is 5.92 Å². The van der Waals surface area contributed by atoms with Crippen LogP contribution in [0.25, 0.3) is 10.9 Å². The number of nitrogens with zero attached hydrogens (tertiary/aromatic N) is 2. The van der Waals surface area contributed by atoms with Crippen LogP contribution in [0.2, 0.25) is 0 Å². The molecule has 0 aliphatic carbocycles. The van der Waals surface area contributed by atoms with E-state index in [2.05, 4.69) is 46.4 Å². The molecule has 3 heteroatoms. The third-order valence-electron chi connectivity index (χ3n) is 4.08. The number of pyridine rings is 1. The van der Waals surface area contributed by atoms with Gasteiger partial charge in [0.1, 0.15) is 0 Å². The van der Waals surface area contributed by atoms with Gasteiger partial charge in [-0.2, -0.15) is 0 Å². The highest BCUT2D eigenvalue weighted by atomic mass is 15.2. The molecule has 1 fully saturated rings. The zero-order chi connectivity index (χ0) is 13.8. The lowest BCUT2D eigenvalue weighted by molar-refractivity contribution is 0.268. The standard InChI is InChI=1S/C17H23N3/c1-14-12-18-9-11-20(13-14)10-7-16-5-2-4-15-6-3-8-19-17(15)16/h2-6,8,14,18H,7,9-13H2,1H3. The van der Waals surface area contributed by atoms with Crippen molar-refractivity contribution in [3.63, 3.8) is 0 Å². The summed E-state index contributed by atoms with van der Waals surface area (Å²) in [5, 5.41) is 4.75. The Kier molecular flexibility index (Phi) is 4.28. The van der Waals surface area contributed by atoms with Crippen molar-refractivity contribution in [3.05, 3.63) is 42.1 Å². The summed E-state index contributed by atoms with van der Waals surface area (Å²) in [6.07, 6.45) is 2.98. The molecule has 0 saturated carbocycles. The molecule has 0 amide bonds. The van der Waals surface area contributed by atoms with Gasteiger partial charge in [-0.15, -0.1) is 0 Å². The smallest absolute Gasteiger partial charge is 0.0734 e. The van der Waals surface area contributed by atoms with Gasteiger partial charge in [0.2, 0.25) is 0 Å². The highest BCUT2D eigenvalue weighted by molar-refractivity contribution is 5.81. The van der Waals surface area contributed by atoms with Crippen LogP contribution >= 0.6 is 0 Å². The van der Waals surface area contributed by atoms with Gasteiger partial charge in [-0.05, 0) is 30.5 Å². The number of hydrogen-bond acceptors (Lipinski definition) is 3. The number of para-hydroxylation sites is 1. The van der Waals surface area contributed by atoms with Gasteiger partial charge < -0.3 is 10.2 Å². The van der Waals surface area contributed by atoms with E-state index in [1.54, 1.807) is 0 Å². The van der Waals surface area contributed by atoms with E-state index in [1.165, 1.54) is 17.5 Å². The first-order valence-electron chi connectivity index (χ1n) is 7.58. The molecule has 1 aromatic carbocycles. The van der Waals surface area contributed by atoms with Gasteiger partial charge in [-0.25, -0.2) is 0 Å². The molecule has 20 heavy (non-hydrogen) atoms. The van der Waals surface area contributed by atoms with Crippen molar-refractivity contribution in [2.24, 2.45) is 5.92 Å². The fourth-order valence-electron chi connectivity index (χ4n) is 3.03. The average molecular weight is 269 g/mol. The van der Waals surface area contributed by atoms with Crippen molar-refractivity contribution in [2.75, 3.05) is 32.7 Å². The lowest BCUT2D eigenvalue weighted by Gasteiger charge is -2.22. The Hall–Kier alpha value is -1.45. The summed E-state index contributed by atoms with van der Waals surface area (Å²) in [5.41, 5.74) is 2.53. The van der Waals surface area contributed by atoms with Crippen molar-refractivity contribution >= 4 is 10.9 Å². The zero-order valence-electron chi connectivity index (χ0n) is 12.2. The topological polar surface area (TPSA) is 28.2 Å². The maximum absolute atomic E-state index is 4.55. The van der Waals surface area contributed by atoms with E-state index in [0.29, 0.717) is 0 Å². The van der Waals surface area contributed by atoms with E-state index in [1.807, 2.05) is 12.3 Å². The van der Waals surface area contributed by atoms with Crippen molar-refractivity contribution in [3.8, 4) is 0 Å². The van der Waals surface area contributed by atoms with Gasteiger partial charge in [0.05, 0.1) is 5.52 Å². The predicted molar refractivity (Wildman–Crippen MR) is 83.9 cm³/mol.